The van der Waals surface area contributed by atoms with Gasteiger partial charge in [-0.2, -0.15) is 25.5 Å². The Balaban J connectivity index is 0.000000144. The van der Waals surface area contributed by atoms with Crippen LogP contribution in [0.3, 0.4) is 0 Å². The van der Waals surface area contributed by atoms with Gasteiger partial charge in [0.05, 0.1) is 63.9 Å². The standard InChI is InChI=1S/C29H22N5.C25H22N5.C23H26N5.C20H20N5.C19H18N5.5Ir/c1-20-31-26-17-16-23(18-27(26)33(20)2)29-32-30-19-34(29)28-24(21-10-5-3-6-11-21)14-9-15-25(28)22-12-7-4-8-13-22;1-16-12-21(19-8-6-5-7-9-19)13-17(2)24(16)30-15-26-28-25(30)20-10-11-22-23(14-20)29(4)18(3)27-22;1-14(2)18-8-7-9-19(15(3)4)22(18)28-13-24-26-23(28)17-10-11-20-21(12-17)27(6)16(5)25-20;1-12-8-13(2)19(14(3)9-12)25-11-21-23-20(25)16-6-7-17-18(10-16)24(5)15(4)22-17;1-12-6-5-7-13(2)18(12)24-11-20-22-19(24)15-8-9-16-17(10-15)23(4)14(3)21-16;;;;;/h3-15,17-19H,1-2H3;5-9,11-15H,1-4H3;7-9,11-15H,1-6H3;7-11H,1-5H3;5-7,9-11H,1-4H3;;;;;/q5*-1;;;;;. The van der Waals surface area contributed by atoms with Crippen molar-refractivity contribution in [3.8, 4) is 119 Å². The van der Waals surface area contributed by atoms with E-state index in [1.165, 1.54) is 66.9 Å². The van der Waals surface area contributed by atoms with Crippen LogP contribution in [0.5, 0.6) is 0 Å². The SMILES string of the molecule is Cc1cc(-c2ccccc2)cc(C)c1-n1cnnc1-c1[c-]cc2nc(C)n(C)c2c1.Cc1cc(C)c(-n2cnnc2-c2[c-]cc3nc(C)n(C)c3c2)c(C)c1.Cc1cccc(C)c1-n1cnnc1-c1[c-]cc2nc(C)n(C)c2c1.Cc1nc2c[c-]c(-c3nncn3-c3c(-c4ccccc4)cccc3-c3ccccc3)cc2n1C.Cc1nc2c[c-]c(-c3nncn3-c3c(C(C)C)cccc3C(C)C)cc2n1C.[Ir].[Ir].[Ir].[Ir].[Ir]. The zero-order valence-corrected chi connectivity index (χ0v) is 96.8. The number of benzene rings is 13. The van der Waals surface area contributed by atoms with E-state index in [9.17, 15) is 0 Å². The van der Waals surface area contributed by atoms with Crippen LogP contribution >= 0.6 is 0 Å². The van der Waals surface area contributed by atoms with E-state index in [0.29, 0.717) is 11.8 Å². The molecule has 747 valence electrons. The molecule has 10 aromatic heterocycles. The van der Waals surface area contributed by atoms with E-state index in [1.807, 2.05) is 134 Å². The molecule has 0 spiro atoms. The van der Waals surface area contributed by atoms with Crippen LogP contribution in [-0.2, 0) is 136 Å². The van der Waals surface area contributed by atoms with Crippen LogP contribution in [0.1, 0.15) is 119 Å². The second kappa shape index (κ2) is 45.8. The molecule has 13 aromatic carbocycles. The molecule has 25 nitrogen and oxygen atoms in total. The Morgan fingerprint density at radius 1 is 0.233 bits per heavy atom. The number of hydrogen-bond acceptors (Lipinski definition) is 15. The Morgan fingerprint density at radius 2 is 0.473 bits per heavy atom. The van der Waals surface area contributed by atoms with E-state index < -0.39 is 0 Å². The van der Waals surface area contributed by atoms with Gasteiger partial charge in [-0.05, 0) is 201 Å². The molecule has 0 amide bonds. The van der Waals surface area contributed by atoms with Gasteiger partial charge in [0, 0.05) is 197 Å². The van der Waals surface area contributed by atoms with Crippen molar-refractivity contribution in [1.82, 2.24) is 122 Å². The molecule has 10 heterocycles. The third-order valence-corrected chi connectivity index (χ3v) is 26.6. The average Bonchev–Trinajstić information content (AvgIpc) is 1.62. The number of aromatic nitrogens is 25. The van der Waals surface area contributed by atoms with Crippen LogP contribution < -0.4 is 0 Å². The first-order valence-electron chi connectivity index (χ1n) is 47.1. The maximum atomic E-state index is 4.61. The first-order chi connectivity index (χ1) is 68.1. The normalized spacial score (nSPS) is 11.0. The van der Waals surface area contributed by atoms with Crippen molar-refractivity contribution in [2.45, 2.75) is 123 Å². The predicted molar refractivity (Wildman–Crippen MR) is 561 cm³/mol. The number of para-hydroxylation sites is 3. The molecule has 0 saturated carbocycles. The Hall–Kier alpha value is -13.8. The van der Waals surface area contributed by atoms with Crippen molar-refractivity contribution in [2.24, 2.45) is 35.2 Å². The Morgan fingerprint density at radius 3 is 0.753 bits per heavy atom. The minimum absolute atomic E-state index is 0. The zero-order chi connectivity index (χ0) is 98.5. The summed E-state index contributed by atoms with van der Waals surface area (Å²) in [5.41, 5.74) is 38.0. The van der Waals surface area contributed by atoms with E-state index in [1.54, 1.807) is 25.3 Å². The summed E-state index contributed by atoms with van der Waals surface area (Å²) in [4.78, 5) is 22.8. The molecular formula is C116H108Ir5N25-5. The minimum atomic E-state index is 0. The number of aryl methyl sites for hydroxylation is 17. The molecule has 0 bridgehead atoms. The van der Waals surface area contributed by atoms with Gasteiger partial charge in [-0.3, -0.25) is 24.9 Å². The fourth-order valence-corrected chi connectivity index (χ4v) is 19.0. The molecule has 0 atom stereocenters. The molecule has 0 aliphatic rings. The van der Waals surface area contributed by atoms with E-state index >= 15 is 0 Å². The van der Waals surface area contributed by atoms with Crippen molar-refractivity contribution in [3.05, 3.63) is 372 Å². The Bertz CT molecular complexity index is 8470. The van der Waals surface area contributed by atoms with E-state index in [4.69, 9.17) is 0 Å². The van der Waals surface area contributed by atoms with E-state index in [-0.39, 0.29) is 101 Å². The molecule has 0 aliphatic heterocycles. The molecule has 0 saturated heterocycles. The number of nitrogens with zero attached hydrogens (tertiary/aromatic N) is 25. The molecule has 23 aromatic rings. The summed E-state index contributed by atoms with van der Waals surface area (Å²) in [5.74, 6) is 9.55. The maximum Gasteiger partial charge on any atom is 0.115 e. The Labute approximate surface area is 917 Å². The van der Waals surface area contributed by atoms with Crippen LogP contribution in [0.15, 0.2) is 262 Å². The number of imidazole rings is 5. The molecular weight excluding hydrogens is 2700 g/mol. The van der Waals surface area contributed by atoms with Gasteiger partial charge in [-0.25, -0.2) is 0 Å². The summed E-state index contributed by atoms with van der Waals surface area (Å²) in [5, 5.41) is 43.2. The van der Waals surface area contributed by atoms with Crippen molar-refractivity contribution < 1.29 is 101 Å². The first kappa shape index (κ1) is 108. The molecule has 0 N–H and O–H groups in total. The molecule has 23 rings (SSSR count). The first-order valence-corrected chi connectivity index (χ1v) is 47.1. The average molecular weight is 2810 g/mol. The number of hydrogen-bond donors (Lipinski definition) is 0. The molecule has 5 radical (unpaired) electrons. The van der Waals surface area contributed by atoms with Gasteiger partial charge in [-0.15, -0.1) is 144 Å². The van der Waals surface area contributed by atoms with E-state index in [0.717, 1.165) is 186 Å². The van der Waals surface area contributed by atoms with Crippen molar-refractivity contribution in [3.63, 3.8) is 0 Å². The topological polar surface area (TPSA) is 243 Å². The van der Waals surface area contributed by atoms with Gasteiger partial charge in [0.15, 0.2) is 0 Å². The van der Waals surface area contributed by atoms with Crippen LogP contribution in [-0.4, -0.2) is 122 Å². The predicted octanol–water partition coefficient (Wildman–Crippen LogP) is 24.0. The van der Waals surface area contributed by atoms with Crippen molar-refractivity contribution in [1.29, 1.82) is 0 Å². The summed E-state index contributed by atoms with van der Waals surface area (Å²) >= 11 is 0. The fourth-order valence-electron chi connectivity index (χ4n) is 19.0. The fraction of sp³-hybridized carbons (Fsp3) is 0.198. The second-order valence-corrected chi connectivity index (χ2v) is 36.6. The molecule has 0 unspecified atom stereocenters. The summed E-state index contributed by atoms with van der Waals surface area (Å²) in [6.45, 7) is 33.7. The molecule has 0 aliphatic carbocycles. The number of rotatable bonds is 15. The minimum Gasteiger partial charge on any atom is -0.349 e. The van der Waals surface area contributed by atoms with Gasteiger partial charge >= 0.3 is 0 Å². The summed E-state index contributed by atoms with van der Waals surface area (Å²) in [6.07, 6.45) is 8.91. The van der Waals surface area contributed by atoms with Crippen LogP contribution in [0, 0.1) is 113 Å². The summed E-state index contributed by atoms with van der Waals surface area (Å²) < 4.78 is 20.7. The molecule has 30 heteroatoms. The second-order valence-electron chi connectivity index (χ2n) is 36.6. The zero-order valence-electron chi connectivity index (χ0n) is 84.8. The van der Waals surface area contributed by atoms with Gasteiger partial charge in [-0.1, -0.05) is 191 Å². The quantitative estimate of drug-likeness (QED) is 0.0867. The molecule has 0 fully saturated rings. The molecule has 146 heavy (non-hydrogen) atoms. The van der Waals surface area contributed by atoms with Gasteiger partial charge in [0.2, 0.25) is 0 Å². The van der Waals surface area contributed by atoms with Crippen LogP contribution in [0.4, 0.5) is 0 Å². The van der Waals surface area contributed by atoms with Gasteiger partial charge < -0.3 is 45.7 Å². The number of fused-ring (bicyclic) bond motifs is 5. The van der Waals surface area contributed by atoms with Crippen molar-refractivity contribution in [2.75, 3.05) is 0 Å². The van der Waals surface area contributed by atoms with Crippen molar-refractivity contribution >= 4 is 55.2 Å². The van der Waals surface area contributed by atoms with Crippen LogP contribution in [0.25, 0.3) is 174 Å². The largest absolute Gasteiger partial charge is 0.349 e. The van der Waals surface area contributed by atoms with E-state index in [2.05, 4.69) is 401 Å². The van der Waals surface area contributed by atoms with Crippen LogP contribution in [0.2, 0.25) is 0 Å². The van der Waals surface area contributed by atoms with Gasteiger partial charge in [0.1, 0.15) is 31.6 Å². The smallest absolute Gasteiger partial charge is 0.115 e. The Kier molecular flexibility index (Phi) is 33.9. The monoisotopic (exact) mass is 2820 g/mol. The third-order valence-electron chi connectivity index (χ3n) is 26.6. The summed E-state index contributed by atoms with van der Waals surface area (Å²) in [7, 11) is 10.1. The van der Waals surface area contributed by atoms with Gasteiger partial charge in [0.25, 0.3) is 0 Å². The third kappa shape index (κ3) is 21.3. The maximum absolute atomic E-state index is 4.61. The summed E-state index contributed by atoms with van der Waals surface area (Å²) in [6, 6.07) is 96.1.